The van der Waals surface area contributed by atoms with Crippen molar-refractivity contribution in [1.82, 2.24) is 34.1 Å². The predicted molar refractivity (Wildman–Crippen MR) is 256 cm³/mol. The lowest BCUT2D eigenvalue weighted by atomic mass is 9.98. The number of carbonyl (C=O) groups excluding carboxylic acids is 4. The summed E-state index contributed by atoms with van der Waals surface area (Å²) >= 11 is 19.4. The summed E-state index contributed by atoms with van der Waals surface area (Å²) in [6.45, 7) is 8.08. The Morgan fingerprint density at radius 2 is 1.51 bits per heavy atom. The quantitative estimate of drug-likeness (QED) is 0.130. The van der Waals surface area contributed by atoms with Crippen LogP contribution >= 0.6 is 34.8 Å². The first-order valence-corrected chi connectivity index (χ1v) is 23.8. The van der Waals surface area contributed by atoms with Crippen molar-refractivity contribution in [1.29, 1.82) is 0 Å². The molecule has 6 aromatic rings. The number of carbonyl (C=O) groups is 4. The van der Waals surface area contributed by atoms with Crippen LogP contribution in [0.25, 0.3) is 16.5 Å². The van der Waals surface area contributed by atoms with Gasteiger partial charge in [-0.1, -0.05) is 90.6 Å². The lowest BCUT2D eigenvalue weighted by molar-refractivity contribution is 0.0663. The van der Waals surface area contributed by atoms with Crippen LogP contribution in [0.5, 0.6) is 0 Å². The van der Waals surface area contributed by atoms with Crippen LogP contribution in [0, 0.1) is 6.92 Å². The van der Waals surface area contributed by atoms with Gasteiger partial charge in [0.15, 0.2) is 16.7 Å². The first-order valence-electron chi connectivity index (χ1n) is 21.5. The number of likely N-dealkylation sites (N-methyl/N-ethyl adjacent to an activating group) is 1. The Balaban J connectivity index is 1.09. The van der Waals surface area contributed by atoms with E-state index in [9.17, 15) is 23.4 Å². The van der Waals surface area contributed by atoms with Crippen molar-refractivity contribution < 1.29 is 23.4 Å². The first-order chi connectivity index (χ1) is 31.3. The fourth-order valence-electron chi connectivity index (χ4n) is 8.20. The minimum atomic E-state index is -2.00. The molecule has 1 unspecified atom stereocenters. The van der Waals surface area contributed by atoms with Crippen LogP contribution in [0.15, 0.2) is 102 Å². The lowest BCUT2D eigenvalue weighted by Crippen LogP contribution is -2.47. The van der Waals surface area contributed by atoms with Gasteiger partial charge in [-0.2, -0.15) is 5.10 Å². The maximum absolute atomic E-state index is 14.7. The van der Waals surface area contributed by atoms with Gasteiger partial charge in [0.25, 0.3) is 23.6 Å². The fourth-order valence-corrected chi connectivity index (χ4v) is 9.55. The van der Waals surface area contributed by atoms with Gasteiger partial charge < -0.3 is 19.6 Å². The van der Waals surface area contributed by atoms with E-state index in [0.29, 0.717) is 76.4 Å². The number of nitrogens with zero attached hydrogens (tertiary/aromatic N) is 6. The Bertz CT molecular complexity index is 2860. The van der Waals surface area contributed by atoms with Crippen molar-refractivity contribution >= 4 is 80.2 Å². The van der Waals surface area contributed by atoms with E-state index in [1.165, 1.54) is 16.8 Å². The molecular weight excluding hydrogens is 905 g/mol. The molecule has 2 aliphatic heterocycles. The molecule has 0 spiro atoms. The van der Waals surface area contributed by atoms with Gasteiger partial charge in [0.05, 0.1) is 36.9 Å². The van der Waals surface area contributed by atoms with E-state index in [-0.39, 0.29) is 40.2 Å². The highest BCUT2D eigenvalue weighted by molar-refractivity contribution is 7.83. The molecule has 0 radical (unpaired) electrons. The van der Waals surface area contributed by atoms with E-state index in [1.54, 1.807) is 65.3 Å². The second-order valence-electron chi connectivity index (χ2n) is 16.5. The molecule has 0 aliphatic carbocycles. The van der Waals surface area contributed by atoms with E-state index >= 15 is 0 Å². The highest BCUT2D eigenvalue weighted by atomic mass is 35.5. The average molecular weight is 953 g/mol. The highest BCUT2D eigenvalue weighted by Crippen LogP contribution is 2.31. The van der Waals surface area contributed by atoms with Crippen LogP contribution in [-0.2, 0) is 30.5 Å². The summed E-state index contributed by atoms with van der Waals surface area (Å²) in [4.78, 5) is 64.0. The van der Waals surface area contributed by atoms with Gasteiger partial charge in [-0.15, -0.1) is 0 Å². The summed E-state index contributed by atoms with van der Waals surface area (Å²) in [6, 6.07) is 28.4. The molecule has 3 heterocycles. The van der Waals surface area contributed by atoms with Crippen molar-refractivity contribution in [3.63, 3.8) is 0 Å². The number of fused-ring (bicyclic) bond motifs is 2. The maximum atomic E-state index is 14.7. The molecule has 5 aromatic carbocycles. The van der Waals surface area contributed by atoms with Gasteiger partial charge >= 0.3 is 0 Å². The molecule has 336 valence electrons. The zero-order valence-corrected chi connectivity index (χ0v) is 39.4. The largest absolute Gasteiger partial charge is 0.336 e. The number of nitrogens with one attached hydrogen (secondary N) is 1. The van der Waals surface area contributed by atoms with Gasteiger partial charge in [0, 0.05) is 63.5 Å². The zero-order valence-electron chi connectivity index (χ0n) is 36.3. The van der Waals surface area contributed by atoms with E-state index in [0.717, 1.165) is 48.0 Å². The summed E-state index contributed by atoms with van der Waals surface area (Å²) in [7, 11) is 0.0285. The van der Waals surface area contributed by atoms with Crippen molar-refractivity contribution in [3.05, 3.63) is 157 Å². The van der Waals surface area contributed by atoms with Crippen molar-refractivity contribution in [2.75, 3.05) is 46.3 Å². The first kappa shape index (κ1) is 46.0. The zero-order chi connectivity index (χ0) is 45.9. The number of unbranched alkanes of at least 4 members (excludes halogenated alkanes) is 1. The number of benzene rings is 5. The summed E-state index contributed by atoms with van der Waals surface area (Å²) in [5, 5.41) is 7.21. The van der Waals surface area contributed by atoms with Gasteiger partial charge in [0.2, 0.25) is 0 Å². The SMILES string of the molecule is CCCCN(Cc1ccc(Cl)c(Cl)c1)C(=O)c1nn(-c2ccc(C(=O)NS(=O)c3ccc4ccc(C(=O)N5CCN(C)CC5)cc4c3)cc2C(=O)N2CCc3ccccc3C2)c(C)c1Cl. The van der Waals surface area contributed by atoms with E-state index < -0.39 is 22.8 Å². The van der Waals surface area contributed by atoms with Gasteiger partial charge in [-0.3, -0.25) is 23.9 Å². The van der Waals surface area contributed by atoms with Crippen molar-refractivity contribution in [2.45, 2.75) is 51.1 Å². The second kappa shape index (κ2) is 19.9. The summed E-state index contributed by atoms with van der Waals surface area (Å²) < 4.78 is 17.9. The molecule has 1 saturated heterocycles. The Morgan fingerprint density at radius 1 is 0.769 bits per heavy atom. The summed E-state index contributed by atoms with van der Waals surface area (Å²) in [5.74, 6) is -1.50. The normalized spacial score (nSPS) is 14.6. The van der Waals surface area contributed by atoms with Crippen LogP contribution in [-0.4, -0.2) is 104 Å². The van der Waals surface area contributed by atoms with Crippen molar-refractivity contribution in [3.8, 4) is 5.69 Å². The third kappa shape index (κ3) is 10.00. The highest BCUT2D eigenvalue weighted by Gasteiger charge is 2.30. The van der Waals surface area contributed by atoms with E-state index in [1.807, 2.05) is 49.2 Å². The third-order valence-electron chi connectivity index (χ3n) is 12.1. The van der Waals surface area contributed by atoms with Crippen molar-refractivity contribution in [2.24, 2.45) is 0 Å². The Morgan fingerprint density at radius 3 is 2.26 bits per heavy atom. The van der Waals surface area contributed by atoms with Crippen LogP contribution in [0.3, 0.4) is 0 Å². The number of hydrogen-bond donors (Lipinski definition) is 1. The fraction of sp³-hybridized carbons (Fsp3) is 0.286. The molecule has 65 heavy (non-hydrogen) atoms. The Labute approximate surface area is 395 Å². The Hall–Kier alpha value is -5.57. The number of rotatable bonds is 12. The van der Waals surface area contributed by atoms with Gasteiger partial charge in [0.1, 0.15) is 0 Å². The van der Waals surface area contributed by atoms with Gasteiger partial charge in [-0.05, 0) is 109 Å². The summed E-state index contributed by atoms with van der Waals surface area (Å²) in [6.07, 6.45) is 2.22. The molecule has 0 bridgehead atoms. The lowest BCUT2D eigenvalue weighted by Gasteiger charge is -2.32. The minimum Gasteiger partial charge on any atom is -0.336 e. The molecule has 1 N–H and O–H groups in total. The Kier molecular flexibility index (Phi) is 14.1. The molecule has 1 fully saturated rings. The second-order valence-corrected chi connectivity index (χ2v) is 18.9. The molecule has 8 rings (SSSR count). The average Bonchev–Trinajstić information content (AvgIpc) is 3.62. The van der Waals surface area contributed by atoms with Crippen LogP contribution < -0.4 is 4.72 Å². The number of amides is 4. The summed E-state index contributed by atoms with van der Waals surface area (Å²) in [5.41, 5.74) is 4.46. The molecule has 4 amide bonds. The molecule has 2 aliphatic rings. The predicted octanol–water partition coefficient (Wildman–Crippen LogP) is 8.78. The number of aromatic nitrogens is 2. The van der Waals surface area contributed by atoms with Gasteiger partial charge in [-0.25, -0.2) is 8.89 Å². The van der Waals surface area contributed by atoms with E-state index in [2.05, 4.69) is 15.7 Å². The van der Waals surface area contributed by atoms with Crippen LogP contribution in [0.2, 0.25) is 15.1 Å². The molecule has 1 aromatic heterocycles. The number of halogens is 3. The molecule has 12 nitrogen and oxygen atoms in total. The molecule has 1 atom stereocenters. The number of piperazine rings is 1. The smallest absolute Gasteiger partial charge is 0.276 e. The standard InChI is InChI=1S/C49H48Cl3N7O5S/c1-4-5-19-57(29-32-10-16-41(50)42(51)25-32)49(63)45-44(52)31(2)59(53-45)43-17-14-35(28-40(43)48(62)58-20-18-33-8-6-7-9-37(33)30-58)46(60)54-65(64)39-15-13-34-11-12-36(26-38(34)27-39)47(61)56-23-21-55(3)22-24-56/h6-17,25-28H,4-5,18-24,29-30H2,1-3H3,(H,54,60). The van der Waals surface area contributed by atoms with Crippen LogP contribution in [0.1, 0.15) is 83.7 Å². The van der Waals surface area contributed by atoms with Crippen LogP contribution in [0.4, 0.5) is 0 Å². The molecular formula is C49H48Cl3N7O5S. The topological polar surface area (TPSA) is 128 Å². The van der Waals surface area contributed by atoms with E-state index in [4.69, 9.17) is 39.9 Å². The molecule has 0 saturated carbocycles. The monoisotopic (exact) mass is 951 g/mol. The maximum Gasteiger partial charge on any atom is 0.276 e. The number of hydrogen-bond acceptors (Lipinski definition) is 7. The molecule has 16 heteroatoms. The minimum absolute atomic E-state index is 0.00838. The third-order valence-corrected chi connectivity index (χ3v) is 14.3.